The highest BCUT2D eigenvalue weighted by Gasteiger charge is 2.14. The van der Waals surface area contributed by atoms with Crippen molar-refractivity contribution >= 4 is 5.82 Å². The Morgan fingerprint density at radius 1 is 1.24 bits per heavy atom. The number of rotatable bonds is 5. The second-order valence-corrected chi connectivity index (χ2v) is 4.82. The number of nitrogens with one attached hydrogen (secondary N) is 1. The van der Waals surface area contributed by atoms with Gasteiger partial charge in [0.25, 0.3) is 0 Å². The zero-order valence-electron chi connectivity index (χ0n) is 12.6. The molecule has 0 aromatic carbocycles. The van der Waals surface area contributed by atoms with E-state index in [1.54, 1.807) is 6.20 Å². The van der Waals surface area contributed by atoms with Crippen LogP contribution in [0.2, 0.25) is 0 Å². The first kappa shape index (κ1) is 14.9. The molecule has 21 heavy (non-hydrogen) atoms. The van der Waals surface area contributed by atoms with Gasteiger partial charge in [0.2, 0.25) is 0 Å². The van der Waals surface area contributed by atoms with Gasteiger partial charge in [-0.15, -0.1) is 5.10 Å². The molecule has 0 aliphatic heterocycles. The Balaban J connectivity index is 2.29. The van der Waals surface area contributed by atoms with Gasteiger partial charge in [-0.1, -0.05) is 13.8 Å². The van der Waals surface area contributed by atoms with Crippen LogP contribution in [0.25, 0.3) is 0 Å². The smallest absolute Gasteiger partial charge is 0.167 e. The number of nitrogens with zero attached hydrogens (tertiary/aromatic N) is 4. The summed E-state index contributed by atoms with van der Waals surface area (Å²) in [5, 5.41) is 21.0. The van der Waals surface area contributed by atoms with Crippen molar-refractivity contribution < 1.29 is 0 Å². The Labute approximate surface area is 125 Å². The summed E-state index contributed by atoms with van der Waals surface area (Å²) >= 11 is 0. The normalized spacial score (nSPS) is 10.2. The largest absolute Gasteiger partial charge is 0.363 e. The molecule has 108 valence electrons. The molecule has 0 aliphatic rings. The lowest BCUT2D eigenvalue weighted by Gasteiger charge is -2.12. The van der Waals surface area contributed by atoms with E-state index in [1.165, 1.54) is 0 Å². The Morgan fingerprint density at radius 3 is 2.67 bits per heavy atom. The quantitative estimate of drug-likeness (QED) is 0.912. The lowest BCUT2D eigenvalue weighted by molar-refractivity contribution is 0.868. The summed E-state index contributed by atoms with van der Waals surface area (Å²) in [6, 6.07) is 4.22. The minimum absolute atomic E-state index is 0.551. The molecule has 5 heteroatoms. The third-order valence-corrected chi connectivity index (χ3v) is 3.55. The lowest BCUT2D eigenvalue weighted by atomic mass is 10.0. The molecule has 0 radical (unpaired) electrons. The van der Waals surface area contributed by atoms with Crippen LogP contribution < -0.4 is 5.32 Å². The molecule has 2 aromatic heterocycles. The van der Waals surface area contributed by atoms with Crippen molar-refractivity contribution in [2.75, 3.05) is 5.32 Å². The van der Waals surface area contributed by atoms with Crippen molar-refractivity contribution in [1.82, 2.24) is 15.2 Å². The molecule has 2 heterocycles. The van der Waals surface area contributed by atoms with Crippen molar-refractivity contribution in [3.8, 4) is 6.07 Å². The Kier molecular flexibility index (Phi) is 4.83. The van der Waals surface area contributed by atoms with E-state index in [2.05, 4.69) is 26.6 Å². The summed E-state index contributed by atoms with van der Waals surface area (Å²) in [6.45, 7) is 6.67. The van der Waals surface area contributed by atoms with Gasteiger partial charge in [0, 0.05) is 18.9 Å². The number of hydrogen-bond acceptors (Lipinski definition) is 5. The fourth-order valence-electron chi connectivity index (χ4n) is 2.28. The van der Waals surface area contributed by atoms with Gasteiger partial charge in [-0.2, -0.15) is 10.4 Å². The van der Waals surface area contributed by atoms with Crippen LogP contribution in [-0.2, 0) is 19.4 Å². The maximum Gasteiger partial charge on any atom is 0.167 e. The molecule has 0 unspecified atom stereocenters. The molecule has 0 fully saturated rings. The molecule has 5 nitrogen and oxygen atoms in total. The maximum atomic E-state index is 9.43. The van der Waals surface area contributed by atoms with Gasteiger partial charge in [0.15, 0.2) is 5.82 Å². The van der Waals surface area contributed by atoms with Gasteiger partial charge >= 0.3 is 0 Å². The fourth-order valence-corrected chi connectivity index (χ4v) is 2.28. The van der Waals surface area contributed by atoms with Crippen LogP contribution in [0.3, 0.4) is 0 Å². The summed E-state index contributed by atoms with van der Waals surface area (Å²) in [5.41, 5.74) is 4.73. The fraction of sp³-hybridized carbons (Fsp3) is 0.375. The Morgan fingerprint density at radius 2 is 2.05 bits per heavy atom. The standard InChI is InChI=1S/C16H19N5/c1-4-13-14(8-17)16(21-20-15(13)5-2)19-10-12-9-18-7-6-11(12)3/h6-7,9H,4-5,10H2,1-3H3,(H,19,21). The second-order valence-electron chi connectivity index (χ2n) is 4.82. The number of aryl methyl sites for hydroxylation is 2. The molecule has 1 N–H and O–H groups in total. The van der Waals surface area contributed by atoms with Crippen LogP contribution in [0, 0.1) is 18.3 Å². The van der Waals surface area contributed by atoms with Crippen LogP contribution in [0.5, 0.6) is 0 Å². The average Bonchev–Trinajstić information content (AvgIpc) is 2.52. The minimum Gasteiger partial charge on any atom is -0.363 e. The molecule has 0 saturated heterocycles. The topological polar surface area (TPSA) is 74.5 Å². The zero-order chi connectivity index (χ0) is 15.2. The Hall–Kier alpha value is -2.48. The number of hydrogen-bond donors (Lipinski definition) is 1. The van der Waals surface area contributed by atoms with Gasteiger partial charge in [-0.25, -0.2) is 0 Å². The summed E-state index contributed by atoms with van der Waals surface area (Å²) in [6.07, 6.45) is 5.16. The Bertz CT molecular complexity index is 673. The molecule has 0 saturated carbocycles. The van der Waals surface area contributed by atoms with E-state index in [0.29, 0.717) is 17.9 Å². The van der Waals surface area contributed by atoms with Gasteiger partial charge < -0.3 is 5.32 Å². The summed E-state index contributed by atoms with van der Waals surface area (Å²) in [5.74, 6) is 0.551. The monoisotopic (exact) mass is 281 g/mol. The van der Waals surface area contributed by atoms with Gasteiger partial charge in [-0.3, -0.25) is 4.98 Å². The lowest BCUT2D eigenvalue weighted by Crippen LogP contribution is -2.10. The van der Waals surface area contributed by atoms with E-state index < -0.39 is 0 Å². The summed E-state index contributed by atoms with van der Waals surface area (Å²) in [7, 11) is 0. The molecule has 0 spiro atoms. The van der Waals surface area contributed by atoms with E-state index >= 15 is 0 Å². The van der Waals surface area contributed by atoms with Crippen LogP contribution in [0.15, 0.2) is 18.5 Å². The van der Waals surface area contributed by atoms with Crippen LogP contribution in [0.1, 0.15) is 41.8 Å². The minimum atomic E-state index is 0.551. The molecule has 0 atom stereocenters. The predicted octanol–water partition coefficient (Wildman–Crippen LogP) is 2.79. The molecule has 2 rings (SSSR count). The van der Waals surface area contributed by atoms with E-state index in [4.69, 9.17) is 0 Å². The van der Waals surface area contributed by atoms with Crippen LogP contribution in [0.4, 0.5) is 5.82 Å². The van der Waals surface area contributed by atoms with Gasteiger partial charge in [0.05, 0.1) is 5.69 Å². The van der Waals surface area contributed by atoms with Gasteiger partial charge in [0.1, 0.15) is 11.6 Å². The predicted molar refractivity (Wildman–Crippen MR) is 81.8 cm³/mol. The van der Waals surface area contributed by atoms with E-state index in [0.717, 1.165) is 35.2 Å². The van der Waals surface area contributed by atoms with E-state index in [1.807, 2.05) is 33.0 Å². The van der Waals surface area contributed by atoms with Crippen molar-refractivity contribution in [2.45, 2.75) is 40.2 Å². The highest BCUT2D eigenvalue weighted by Crippen LogP contribution is 2.20. The molecule has 2 aromatic rings. The maximum absolute atomic E-state index is 9.43. The van der Waals surface area contributed by atoms with Gasteiger partial charge in [-0.05, 0) is 42.5 Å². The van der Waals surface area contributed by atoms with E-state index in [-0.39, 0.29) is 0 Å². The van der Waals surface area contributed by atoms with Crippen molar-refractivity contribution in [2.24, 2.45) is 0 Å². The molecule has 0 bridgehead atoms. The first-order valence-corrected chi connectivity index (χ1v) is 7.13. The number of anilines is 1. The summed E-state index contributed by atoms with van der Waals surface area (Å²) < 4.78 is 0. The van der Waals surface area contributed by atoms with E-state index in [9.17, 15) is 5.26 Å². The summed E-state index contributed by atoms with van der Waals surface area (Å²) in [4.78, 5) is 4.12. The zero-order valence-corrected chi connectivity index (χ0v) is 12.6. The highest BCUT2D eigenvalue weighted by molar-refractivity contribution is 5.56. The second kappa shape index (κ2) is 6.80. The first-order chi connectivity index (χ1) is 10.2. The van der Waals surface area contributed by atoms with Crippen molar-refractivity contribution in [3.63, 3.8) is 0 Å². The third-order valence-electron chi connectivity index (χ3n) is 3.55. The van der Waals surface area contributed by atoms with Crippen LogP contribution in [-0.4, -0.2) is 15.2 Å². The molecular weight excluding hydrogens is 262 g/mol. The SMILES string of the molecule is CCc1nnc(NCc2cnccc2C)c(C#N)c1CC. The number of aromatic nitrogens is 3. The third kappa shape index (κ3) is 3.16. The molecule has 0 aliphatic carbocycles. The van der Waals surface area contributed by atoms with Crippen molar-refractivity contribution in [3.05, 3.63) is 46.4 Å². The number of nitriles is 1. The number of pyridine rings is 1. The van der Waals surface area contributed by atoms with Crippen molar-refractivity contribution in [1.29, 1.82) is 5.26 Å². The molecular formula is C16H19N5. The first-order valence-electron chi connectivity index (χ1n) is 7.13. The average molecular weight is 281 g/mol. The van der Waals surface area contributed by atoms with Crippen LogP contribution >= 0.6 is 0 Å². The molecule has 0 amide bonds. The highest BCUT2D eigenvalue weighted by atomic mass is 15.2.